The highest BCUT2D eigenvalue weighted by molar-refractivity contribution is 6.06. The van der Waals surface area contributed by atoms with Crippen LogP contribution in [0, 0.1) is 0 Å². The molecule has 3 aromatic rings. The first-order valence-electron chi connectivity index (χ1n) is 8.73. The van der Waals surface area contributed by atoms with E-state index in [9.17, 15) is 4.79 Å². The second-order valence-electron chi connectivity index (χ2n) is 6.19. The van der Waals surface area contributed by atoms with E-state index in [1.54, 1.807) is 6.92 Å². The smallest absolute Gasteiger partial charge is 0.255 e. The van der Waals surface area contributed by atoms with Gasteiger partial charge < -0.3 is 16.8 Å². The van der Waals surface area contributed by atoms with E-state index in [-0.39, 0.29) is 11.9 Å². The maximum atomic E-state index is 12.6. The Kier molecular flexibility index (Phi) is 5.81. The lowest BCUT2D eigenvalue weighted by Gasteiger charge is -2.08. The molecule has 0 saturated heterocycles. The Hall–Kier alpha value is -3.93. The zero-order valence-corrected chi connectivity index (χ0v) is 15.5. The normalized spacial score (nSPS) is 11.0. The van der Waals surface area contributed by atoms with Gasteiger partial charge in [0.2, 0.25) is 5.96 Å². The number of guanidine groups is 1. The van der Waals surface area contributed by atoms with Gasteiger partial charge in [0, 0.05) is 11.3 Å². The predicted octanol–water partition coefficient (Wildman–Crippen LogP) is 3.60. The topological polar surface area (TPSA) is 106 Å². The first-order chi connectivity index (χ1) is 13.5. The Labute approximate surface area is 163 Å². The molecule has 0 heterocycles. The first kappa shape index (κ1) is 18.8. The molecule has 0 unspecified atom stereocenters. The molecule has 28 heavy (non-hydrogen) atoms. The summed E-state index contributed by atoms with van der Waals surface area (Å²) < 4.78 is 0. The van der Waals surface area contributed by atoms with E-state index in [1.165, 1.54) is 0 Å². The van der Waals surface area contributed by atoms with Crippen LogP contribution in [0.5, 0.6) is 0 Å². The number of nitrogens with one attached hydrogen (secondary N) is 1. The van der Waals surface area contributed by atoms with E-state index in [0.29, 0.717) is 17.0 Å². The van der Waals surface area contributed by atoms with Gasteiger partial charge in [0.1, 0.15) is 0 Å². The minimum Gasteiger partial charge on any atom is -0.369 e. The summed E-state index contributed by atoms with van der Waals surface area (Å²) in [5.41, 5.74) is 15.4. The minimum absolute atomic E-state index is 0.109. The van der Waals surface area contributed by atoms with Crippen molar-refractivity contribution in [3.05, 3.63) is 90.0 Å². The van der Waals surface area contributed by atoms with Gasteiger partial charge in [0.05, 0.1) is 5.71 Å². The average Bonchev–Trinajstić information content (AvgIpc) is 2.73. The average molecular weight is 371 g/mol. The zero-order valence-electron chi connectivity index (χ0n) is 15.5. The molecule has 6 heteroatoms. The number of amides is 1. The number of hydrogen-bond acceptors (Lipinski definition) is 3. The van der Waals surface area contributed by atoms with Crippen molar-refractivity contribution in [2.45, 2.75) is 6.92 Å². The fraction of sp³-hybridized carbons (Fsp3) is 0.0455. The Balaban J connectivity index is 1.74. The van der Waals surface area contributed by atoms with Crippen molar-refractivity contribution in [3.63, 3.8) is 0 Å². The molecule has 0 aliphatic carbocycles. The molecule has 0 fully saturated rings. The molecule has 3 aromatic carbocycles. The minimum atomic E-state index is -0.185. The van der Waals surface area contributed by atoms with Gasteiger partial charge in [-0.3, -0.25) is 4.79 Å². The lowest BCUT2D eigenvalue weighted by molar-refractivity contribution is 0.102. The molecule has 0 bridgehead atoms. The molecule has 0 atom stereocenters. The third-order valence-electron chi connectivity index (χ3n) is 4.11. The third kappa shape index (κ3) is 4.82. The molecule has 140 valence electrons. The first-order valence-corrected chi connectivity index (χ1v) is 8.73. The van der Waals surface area contributed by atoms with Crippen molar-refractivity contribution in [3.8, 4) is 11.1 Å². The molecule has 0 saturated carbocycles. The van der Waals surface area contributed by atoms with Gasteiger partial charge >= 0.3 is 0 Å². The van der Waals surface area contributed by atoms with Crippen LogP contribution in [-0.2, 0) is 0 Å². The fourth-order valence-electron chi connectivity index (χ4n) is 2.66. The third-order valence-corrected chi connectivity index (χ3v) is 4.11. The maximum absolute atomic E-state index is 12.6. The van der Waals surface area contributed by atoms with Crippen LogP contribution in [0.25, 0.3) is 11.1 Å². The number of rotatable bonds is 5. The van der Waals surface area contributed by atoms with Crippen LogP contribution in [0.3, 0.4) is 0 Å². The summed E-state index contributed by atoms with van der Waals surface area (Å²) in [6.45, 7) is 1.79. The fourth-order valence-corrected chi connectivity index (χ4v) is 2.66. The largest absolute Gasteiger partial charge is 0.369 e. The van der Waals surface area contributed by atoms with Gasteiger partial charge in [-0.1, -0.05) is 54.6 Å². The lowest BCUT2D eigenvalue weighted by Crippen LogP contribution is -2.22. The van der Waals surface area contributed by atoms with Crippen LogP contribution in [0.2, 0.25) is 0 Å². The van der Waals surface area contributed by atoms with E-state index in [1.807, 2.05) is 78.9 Å². The predicted molar refractivity (Wildman–Crippen MR) is 114 cm³/mol. The molecule has 0 radical (unpaired) electrons. The summed E-state index contributed by atoms with van der Waals surface area (Å²) >= 11 is 0. The van der Waals surface area contributed by atoms with Crippen LogP contribution in [-0.4, -0.2) is 17.6 Å². The lowest BCUT2D eigenvalue weighted by atomic mass is 10.0. The van der Waals surface area contributed by atoms with Gasteiger partial charge in [-0.25, -0.2) is 0 Å². The molecule has 0 aromatic heterocycles. The summed E-state index contributed by atoms with van der Waals surface area (Å²) in [6.07, 6.45) is 0. The molecule has 0 aliphatic rings. The molecule has 5 N–H and O–H groups in total. The highest BCUT2D eigenvalue weighted by Gasteiger charge is 2.08. The number of nitrogens with two attached hydrogens (primary N) is 2. The molecule has 6 nitrogen and oxygen atoms in total. The zero-order chi connectivity index (χ0) is 19.9. The van der Waals surface area contributed by atoms with Gasteiger partial charge in [-0.2, -0.15) is 5.10 Å². The van der Waals surface area contributed by atoms with E-state index >= 15 is 0 Å². The number of anilines is 1. The summed E-state index contributed by atoms with van der Waals surface area (Å²) in [5.74, 6) is -0.293. The summed E-state index contributed by atoms with van der Waals surface area (Å²) in [7, 11) is 0. The Morgan fingerprint density at radius 1 is 0.786 bits per heavy atom. The number of carbonyl (C=O) groups is 1. The summed E-state index contributed by atoms with van der Waals surface area (Å²) in [5, 5.41) is 10.5. The van der Waals surface area contributed by atoms with E-state index in [4.69, 9.17) is 11.5 Å². The van der Waals surface area contributed by atoms with Gasteiger partial charge in [0.25, 0.3) is 5.91 Å². The van der Waals surface area contributed by atoms with E-state index in [0.717, 1.165) is 16.7 Å². The number of benzene rings is 3. The van der Waals surface area contributed by atoms with Crippen molar-refractivity contribution in [2.24, 2.45) is 21.7 Å². The van der Waals surface area contributed by atoms with Gasteiger partial charge in [-0.05, 0) is 47.9 Å². The van der Waals surface area contributed by atoms with Crippen LogP contribution in [0.4, 0.5) is 5.69 Å². The number of hydrogen-bond donors (Lipinski definition) is 3. The van der Waals surface area contributed by atoms with Crippen LogP contribution in [0.15, 0.2) is 89.1 Å². The second kappa shape index (κ2) is 8.64. The van der Waals surface area contributed by atoms with Crippen molar-refractivity contribution in [2.75, 3.05) is 5.32 Å². The van der Waals surface area contributed by atoms with Crippen LogP contribution >= 0.6 is 0 Å². The van der Waals surface area contributed by atoms with Gasteiger partial charge in [-0.15, -0.1) is 5.10 Å². The van der Waals surface area contributed by atoms with Crippen LogP contribution in [0.1, 0.15) is 22.8 Å². The van der Waals surface area contributed by atoms with Crippen molar-refractivity contribution in [1.82, 2.24) is 0 Å². The van der Waals surface area contributed by atoms with Crippen LogP contribution < -0.4 is 16.8 Å². The monoisotopic (exact) mass is 371 g/mol. The maximum Gasteiger partial charge on any atom is 0.255 e. The molecule has 0 aliphatic heterocycles. The molecular formula is C22H21N5O. The highest BCUT2D eigenvalue weighted by atomic mass is 16.1. The molecule has 3 rings (SSSR count). The Morgan fingerprint density at radius 3 is 2.14 bits per heavy atom. The Bertz CT molecular complexity index is 1020. The molecule has 1 amide bonds. The summed E-state index contributed by atoms with van der Waals surface area (Å²) in [6, 6.07) is 24.8. The Morgan fingerprint density at radius 2 is 1.46 bits per heavy atom. The standard InChI is InChI=1S/C22H21N5O/c1-15(26-27-22(23)24)19-8-5-9-20(14-19)25-21(28)18-12-10-17(11-13-18)16-6-3-2-4-7-16/h2-14H,1H3,(H,25,28)(H4,23,24,27)/b26-15+. The highest BCUT2D eigenvalue weighted by Crippen LogP contribution is 2.20. The second-order valence-corrected chi connectivity index (χ2v) is 6.19. The number of nitrogens with zero attached hydrogens (tertiary/aromatic N) is 2. The van der Waals surface area contributed by atoms with Crippen molar-refractivity contribution < 1.29 is 4.79 Å². The van der Waals surface area contributed by atoms with Crippen molar-refractivity contribution >= 4 is 23.3 Å². The quantitative estimate of drug-likeness (QED) is 0.362. The SMILES string of the molecule is C/C(=N\N=C(N)N)c1cccc(NC(=O)c2ccc(-c3ccccc3)cc2)c1. The molecule has 0 spiro atoms. The number of carbonyl (C=O) groups excluding carboxylic acids is 1. The van der Waals surface area contributed by atoms with Crippen molar-refractivity contribution in [1.29, 1.82) is 0 Å². The molecular weight excluding hydrogens is 350 g/mol. The summed E-state index contributed by atoms with van der Waals surface area (Å²) in [4.78, 5) is 12.6. The van der Waals surface area contributed by atoms with E-state index in [2.05, 4.69) is 15.5 Å². The van der Waals surface area contributed by atoms with Gasteiger partial charge in [0.15, 0.2) is 0 Å². The van der Waals surface area contributed by atoms with E-state index < -0.39 is 0 Å².